The van der Waals surface area contributed by atoms with Crippen LogP contribution in [0.3, 0.4) is 0 Å². The molecule has 0 aliphatic heterocycles. The first-order chi connectivity index (χ1) is 9.99. The lowest BCUT2D eigenvalue weighted by molar-refractivity contribution is -0.152. The number of carbonyl (C=O) groups is 2. The van der Waals surface area contributed by atoms with Gasteiger partial charge in [-0.25, -0.2) is 9.59 Å². The second-order valence-corrected chi connectivity index (χ2v) is 5.04. The number of ether oxygens (including phenoxy) is 1. The fourth-order valence-electron chi connectivity index (χ4n) is 2.13. The number of rotatable bonds is 3. The second-order valence-electron chi connectivity index (χ2n) is 5.04. The summed E-state index contributed by atoms with van der Waals surface area (Å²) in [7, 11) is 0. The number of hydrogen-bond acceptors (Lipinski definition) is 6. The van der Waals surface area contributed by atoms with Gasteiger partial charge in [0.15, 0.2) is 0 Å². The van der Waals surface area contributed by atoms with Gasteiger partial charge >= 0.3 is 11.9 Å². The molecule has 0 spiro atoms. The van der Waals surface area contributed by atoms with Gasteiger partial charge in [0.1, 0.15) is 19.3 Å². The fraction of sp³-hybridized carbons (Fsp3) is 0.857. The van der Waals surface area contributed by atoms with Crippen LogP contribution in [0.15, 0.2) is 0 Å². The third-order valence-corrected chi connectivity index (χ3v) is 3.19. The van der Waals surface area contributed by atoms with Crippen LogP contribution in [-0.4, -0.2) is 57.8 Å². The van der Waals surface area contributed by atoms with Crippen LogP contribution in [0.5, 0.6) is 0 Å². The molecule has 0 heterocycles. The lowest BCUT2D eigenvalue weighted by Gasteiger charge is -2.08. The van der Waals surface area contributed by atoms with E-state index in [1.165, 1.54) is 12.8 Å². The van der Waals surface area contributed by atoms with E-state index < -0.39 is 25.2 Å². The number of aliphatic hydroxyl groups is 3. The van der Waals surface area contributed by atoms with Crippen molar-refractivity contribution in [2.75, 3.05) is 13.2 Å². The van der Waals surface area contributed by atoms with E-state index in [9.17, 15) is 4.79 Å². The third-order valence-electron chi connectivity index (χ3n) is 3.19. The number of hydrogen-bond donors (Lipinski definition) is 4. The first kappa shape index (κ1) is 19.8. The molecule has 0 aromatic carbocycles. The van der Waals surface area contributed by atoms with E-state index in [2.05, 4.69) is 0 Å². The number of esters is 1. The van der Waals surface area contributed by atoms with E-state index >= 15 is 0 Å². The number of carbonyl (C=O) groups excluding carboxylic acids is 1. The molecular weight excluding hydrogens is 280 g/mol. The quantitative estimate of drug-likeness (QED) is 0.558. The molecule has 2 aliphatic rings. The predicted molar refractivity (Wildman–Crippen MR) is 74.6 cm³/mol. The Labute approximate surface area is 124 Å². The summed E-state index contributed by atoms with van der Waals surface area (Å²) in [6, 6.07) is 0. The Morgan fingerprint density at radius 3 is 1.62 bits per heavy atom. The zero-order valence-electron chi connectivity index (χ0n) is 12.2. The maximum atomic E-state index is 10.5. The molecule has 0 unspecified atom stereocenters. The Morgan fingerprint density at radius 1 is 0.905 bits per heavy atom. The van der Waals surface area contributed by atoms with E-state index in [4.69, 9.17) is 30.0 Å². The van der Waals surface area contributed by atoms with Crippen molar-refractivity contribution < 1.29 is 34.8 Å². The first-order valence-electron chi connectivity index (χ1n) is 7.30. The van der Waals surface area contributed by atoms with Crippen LogP contribution in [0.25, 0.3) is 0 Å². The molecule has 2 aliphatic carbocycles. The molecule has 4 N–H and O–H groups in total. The van der Waals surface area contributed by atoms with Gasteiger partial charge in [-0.15, -0.1) is 0 Å². The number of carboxylic acid groups (broad SMARTS) is 1. The highest BCUT2D eigenvalue weighted by atomic mass is 16.6. The smallest absolute Gasteiger partial charge is 0.332 e. The topological polar surface area (TPSA) is 124 Å². The monoisotopic (exact) mass is 306 g/mol. The van der Waals surface area contributed by atoms with Crippen molar-refractivity contribution in [3.05, 3.63) is 0 Å². The van der Waals surface area contributed by atoms with Crippen LogP contribution in [0, 0.1) is 0 Å². The molecule has 7 heteroatoms. The molecule has 0 bridgehead atoms. The average molecular weight is 306 g/mol. The Hall–Kier alpha value is -1.18. The average Bonchev–Trinajstić information content (AvgIpc) is 3.13. The van der Waals surface area contributed by atoms with E-state index in [0.717, 1.165) is 38.5 Å². The summed E-state index contributed by atoms with van der Waals surface area (Å²) < 4.78 is 4.87. The molecule has 0 aromatic rings. The fourth-order valence-corrected chi connectivity index (χ4v) is 2.13. The largest absolute Gasteiger partial charge is 0.480 e. The van der Waals surface area contributed by atoms with Gasteiger partial charge in [-0.1, -0.05) is 12.8 Å². The van der Waals surface area contributed by atoms with Crippen molar-refractivity contribution >= 4 is 11.9 Å². The molecule has 124 valence electrons. The summed E-state index contributed by atoms with van der Waals surface area (Å²) in [4.78, 5) is 19.6. The standard InChI is InChI=1S/C7H12O3.C5H10O.C2H4O3/c8-5-7(9)10-6-3-1-2-4-6;6-5-3-1-2-4-5;3-1-2(4)5/h6,8H,1-5H2;5-6H,1-4H2;3H,1H2,(H,4,5). The van der Waals surface area contributed by atoms with E-state index in [1.807, 2.05) is 0 Å². The van der Waals surface area contributed by atoms with Gasteiger partial charge in [-0.05, 0) is 38.5 Å². The van der Waals surface area contributed by atoms with Crippen molar-refractivity contribution in [2.45, 2.75) is 63.6 Å². The lowest BCUT2D eigenvalue weighted by Crippen LogP contribution is -2.17. The second kappa shape index (κ2) is 12.6. The molecule has 7 nitrogen and oxygen atoms in total. The minimum atomic E-state index is -1.19. The highest BCUT2D eigenvalue weighted by Crippen LogP contribution is 2.20. The van der Waals surface area contributed by atoms with Crippen molar-refractivity contribution in [3.63, 3.8) is 0 Å². The predicted octanol–water partition coefficient (Wildman–Crippen LogP) is 0.449. The van der Waals surface area contributed by atoms with E-state index in [-0.39, 0.29) is 12.2 Å². The molecule has 2 rings (SSSR count). The summed E-state index contributed by atoms with van der Waals surface area (Å²) in [5.74, 6) is -1.68. The third kappa shape index (κ3) is 12.3. The summed E-state index contributed by atoms with van der Waals surface area (Å²) in [6.45, 7) is -1.27. The van der Waals surface area contributed by atoms with Crippen LogP contribution < -0.4 is 0 Å². The van der Waals surface area contributed by atoms with Crippen LogP contribution >= 0.6 is 0 Å². The van der Waals surface area contributed by atoms with Gasteiger partial charge in [0, 0.05) is 0 Å². The molecule has 0 aromatic heterocycles. The van der Waals surface area contributed by atoms with Gasteiger partial charge < -0.3 is 25.2 Å². The Bertz CT molecular complexity index is 281. The maximum absolute atomic E-state index is 10.5. The SMILES string of the molecule is O=C(CO)OC1CCCC1.O=C(O)CO.OC1CCCC1. The van der Waals surface area contributed by atoms with E-state index in [1.54, 1.807) is 0 Å². The summed E-state index contributed by atoms with van der Waals surface area (Å²) in [6.07, 6.45) is 8.90. The molecule has 2 fully saturated rings. The summed E-state index contributed by atoms with van der Waals surface area (Å²) in [5.41, 5.74) is 0. The van der Waals surface area contributed by atoms with Crippen LogP contribution in [0.4, 0.5) is 0 Å². The lowest BCUT2D eigenvalue weighted by atomic mass is 10.3. The Morgan fingerprint density at radius 2 is 1.33 bits per heavy atom. The Kier molecular flexibility index (Phi) is 11.8. The number of carboxylic acids is 1. The molecular formula is C14H26O7. The van der Waals surface area contributed by atoms with Gasteiger partial charge in [0.25, 0.3) is 0 Å². The molecule has 21 heavy (non-hydrogen) atoms. The molecule has 0 saturated heterocycles. The molecule has 0 amide bonds. The minimum Gasteiger partial charge on any atom is -0.480 e. The minimum absolute atomic E-state index is 0.0463. The zero-order valence-corrected chi connectivity index (χ0v) is 12.2. The van der Waals surface area contributed by atoms with E-state index in [0.29, 0.717) is 0 Å². The molecule has 2 saturated carbocycles. The highest BCUT2D eigenvalue weighted by Gasteiger charge is 2.18. The molecule has 0 radical (unpaired) electrons. The zero-order chi connectivity index (χ0) is 16.1. The Balaban J connectivity index is 0.000000312. The number of aliphatic carboxylic acids is 1. The van der Waals surface area contributed by atoms with Crippen LogP contribution in [-0.2, 0) is 14.3 Å². The van der Waals surface area contributed by atoms with Gasteiger partial charge in [-0.2, -0.15) is 0 Å². The number of aliphatic hydroxyl groups excluding tert-OH is 3. The highest BCUT2D eigenvalue weighted by molar-refractivity contribution is 5.70. The van der Waals surface area contributed by atoms with Crippen LogP contribution in [0.2, 0.25) is 0 Å². The normalized spacial score (nSPS) is 18.2. The molecule has 0 atom stereocenters. The van der Waals surface area contributed by atoms with Crippen molar-refractivity contribution in [1.82, 2.24) is 0 Å². The first-order valence-corrected chi connectivity index (χ1v) is 7.30. The van der Waals surface area contributed by atoms with Crippen molar-refractivity contribution in [2.24, 2.45) is 0 Å². The summed E-state index contributed by atoms with van der Waals surface area (Å²) >= 11 is 0. The van der Waals surface area contributed by atoms with Crippen LogP contribution in [0.1, 0.15) is 51.4 Å². The van der Waals surface area contributed by atoms with Gasteiger partial charge in [-0.3, -0.25) is 0 Å². The van der Waals surface area contributed by atoms with Gasteiger partial charge in [0.2, 0.25) is 0 Å². The van der Waals surface area contributed by atoms with Crippen molar-refractivity contribution in [1.29, 1.82) is 0 Å². The van der Waals surface area contributed by atoms with Crippen molar-refractivity contribution in [3.8, 4) is 0 Å². The maximum Gasteiger partial charge on any atom is 0.332 e. The summed E-state index contributed by atoms with van der Waals surface area (Å²) in [5, 5.41) is 32.1. The van der Waals surface area contributed by atoms with Gasteiger partial charge in [0.05, 0.1) is 6.10 Å².